The molecule has 8 nitrogen and oxygen atoms in total. The molecule has 1 heterocycles. The molecule has 3 aromatic rings. The molecule has 3 amide bonds. The first kappa shape index (κ1) is 30.7. The van der Waals surface area contributed by atoms with Gasteiger partial charge in [0.15, 0.2) is 5.78 Å². The third kappa shape index (κ3) is 8.60. The van der Waals surface area contributed by atoms with Crippen LogP contribution in [0.5, 0.6) is 0 Å². The largest absolute Gasteiger partial charge is 0.361 e. The Morgan fingerprint density at radius 3 is 1.93 bits per heavy atom. The van der Waals surface area contributed by atoms with E-state index in [1.807, 2.05) is 80.6 Å². The van der Waals surface area contributed by atoms with Crippen molar-refractivity contribution < 1.29 is 23.9 Å². The number of benzene rings is 3. The standard InChI is InChI=1S/C34H39N3O5/c1-23(2)19-29(37-32(40)26-17-11-6-12-18-26)33(41)36-27(25-15-9-5-10-16-25)21-30(38)35-28(31(39)34(3)22-42-34)20-24-13-7-4-8-14-24/h4-18,23,27-29H,19-22H2,1-3H3,(H,35,38)(H,36,41)(H,37,40)/t27?,28-,29-,34+/m0/s1. The molecule has 1 aliphatic rings. The number of carbonyl (C=O) groups excluding carboxylic acids is 4. The minimum atomic E-state index is -0.902. The number of rotatable bonds is 14. The molecule has 0 spiro atoms. The van der Waals surface area contributed by atoms with Gasteiger partial charge in [0.2, 0.25) is 11.8 Å². The Morgan fingerprint density at radius 2 is 1.36 bits per heavy atom. The minimum absolute atomic E-state index is 0.0904. The number of ketones is 1. The highest BCUT2D eigenvalue weighted by Crippen LogP contribution is 2.29. The van der Waals surface area contributed by atoms with Gasteiger partial charge < -0.3 is 20.7 Å². The molecule has 8 heteroatoms. The number of Topliss-reactive ketones (excluding diaryl/α,β-unsaturated/α-hetero) is 1. The number of ether oxygens (including phenoxy) is 1. The molecule has 220 valence electrons. The quantitative estimate of drug-likeness (QED) is 0.252. The summed E-state index contributed by atoms with van der Waals surface area (Å²) >= 11 is 0. The highest BCUT2D eigenvalue weighted by Gasteiger charge is 2.50. The Balaban J connectivity index is 1.50. The van der Waals surface area contributed by atoms with Crippen LogP contribution in [0.1, 0.15) is 61.1 Å². The lowest BCUT2D eigenvalue weighted by molar-refractivity contribution is -0.131. The average molecular weight is 570 g/mol. The van der Waals surface area contributed by atoms with Crippen molar-refractivity contribution in [1.82, 2.24) is 16.0 Å². The lowest BCUT2D eigenvalue weighted by Crippen LogP contribution is -2.50. The van der Waals surface area contributed by atoms with Gasteiger partial charge in [0, 0.05) is 5.56 Å². The van der Waals surface area contributed by atoms with E-state index in [1.165, 1.54) is 0 Å². The molecular formula is C34H39N3O5. The van der Waals surface area contributed by atoms with Crippen LogP contribution in [-0.4, -0.2) is 47.8 Å². The van der Waals surface area contributed by atoms with E-state index in [-0.39, 0.29) is 35.8 Å². The first-order chi connectivity index (χ1) is 20.1. The maximum Gasteiger partial charge on any atom is 0.251 e. The van der Waals surface area contributed by atoms with Crippen molar-refractivity contribution in [2.45, 2.75) is 63.8 Å². The molecule has 4 atom stereocenters. The van der Waals surface area contributed by atoms with Gasteiger partial charge in [-0.1, -0.05) is 92.7 Å². The molecule has 0 saturated carbocycles. The van der Waals surface area contributed by atoms with E-state index in [4.69, 9.17) is 4.74 Å². The van der Waals surface area contributed by atoms with Crippen LogP contribution in [0.25, 0.3) is 0 Å². The van der Waals surface area contributed by atoms with Crippen molar-refractivity contribution in [3.8, 4) is 0 Å². The number of amides is 3. The third-order valence-electron chi connectivity index (χ3n) is 7.31. The van der Waals surface area contributed by atoms with Gasteiger partial charge in [-0.15, -0.1) is 0 Å². The van der Waals surface area contributed by atoms with Gasteiger partial charge in [-0.3, -0.25) is 19.2 Å². The Morgan fingerprint density at radius 1 is 0.786 bits per heavy atom. The summed E-state index contributed by atoms with van der Waals surface area (Å²) in [5.74, 6) is -1.16. The van der Waals surface area contributed by atoms with Crippen molar-refractivity contribution in [2.24, 2.45) is 5.92 Å². The molecular weight excluding hydrogens is 530 g/mol. The molecule has 1 saturated heterocycles. The smallest absolute Gasteiger partial charge is 0.251 e. The number of hydrogen-bond donors (Lipinski definition) is 3. The Kier molecular flexibility index (Phi) is 10.3. The van der Waals surface area contributed by atoms with Gasteiger partial charge >= 0.3 is 0 Å². The fraction of sp³-hybridized carbons (Fsp3) is 0.353. The van der Waals surface area contributed by atoms with Gasteiger partial charge in [0.25, 0.3) is 5.91 Å². The summed E-state index contributed by atoms with van der Waals surface area (Å²) in [4.78, 5) is 53.2. The summed E-state index contributed by atoms with van der Waals surface area (Å²) in [5.41, 5.74) is 1.21. The van der Waals surface area contributed by atoms with Crippen molar-refractivity contribution in [1.29, 1.82) is 0 Å². The van der Waals surface area contributed by atoms with Crippen molar-refractivity contribution in [2.75, 3.05) is 6.61 Å². The normalized spacial score (nSPS) is 17.9. The summed E-state index contributed by atoms with van der Waals surface area (Å²) in [6.07, 6.45) is 0.659. The zero-order valence-electron chi connectivity index (χ0n) is 24.3. The van der Waals surface area contributed by atoms with Crippen molar-refractivity contribution in [3.63, 3.8) is 0 Å². The molecule has 42 heavy (non-hydrogen) atoms. The third-order valence-corrected chi connectivity index (χ3v) is 7.31. The van der Waals surface area contributed by atoms with E-state index in [2.05, 4.69) is 16.0 Å². The lowest BCUT2D eigenvalue weighted by Gasteiger charge is -2.26. The first-order valence-electron chi connectivity index (χ1n) is 14.4. The SMILES string of the molecule is CC(C)C[C@H](NC(=O)c1ccccc1)C(=O)NC(CC(=O)N[C@@H](Cc1ccccc1)C(=O)[C@@]1(C)CO1)c1ccccc1. The van der Waals surface area contributed by atoms with Gasteiger partial charge in [-0.25, -0.2) is 0 Å². The molecule has 0 bridgehead atoms. The van der Waals surface area contributed by atoms with E-state index in [1.54, 1.807) is 31.2 Å². The van der Waals surface area contributed by atoms with E-state index in [0.717, 1.165) is 11.1 Å². The lowest BCUT2D eigenvalue weighted by atomic mass is 9.94. The number of hydrogen-bond acceptors (Lipinski definition) is 5. The fourth-order valence-electron chi connectivity index (χ4n) is 4.86. The molecule has 3 N–H and O–H groups in total. The van der Waals surface area contributed by atoms with E-state index in [9.17, 15) is 19.2 Å². The van der Waals surface area contributed by atoms with Crippen LogP contribution < -0.4 is 16.0 Å². The Hall–Kier alpha value is -4.30. The molecule has 1 unspecified atom stereocenters. The second-order valence-corrected chi connectivity index (χ2v) is 11.4. The molecule has 1 aliphatic heterocycles. The molecule has 4 rings (SSSR count). The molecule has 0 aliphatic carbocycles. The van der Waals surface area contributed by atoms with Crippen LogP contribution >= 0.6 is 0 Å². The Bertz CT molecular complexity index is 1360. The molecule has 0 radical (unpaired) electrons. The highest BCUT2D eigenvalue weighted by molar-refractivity contribution is 5.98. The van der Waals surface area contributed by atoms with Gasteiger partial charge in [0.05, 0.1) is 25.1 Å². The summed E-state index contributed by atoms with van der Waals surface area (Å²) < 4.78 is 5.39. The maximum absolute atomic E-state index is 13.6. The predicted octanol–water partition coefficient (Wildman–Crippen LogP) is 4.16. The summed E-state index contributed by atoms with van der Waals surface area (Å²) in [7, 11) is 0. The van der Waals surface area contributed by atoms with Gasteiger partial charge in [-0.05, 0) is 48.9 Å². The average Bonchev–Trinajstić information content (AvgIpc) is 3.75. The van der Waals surface area contributed by atoms with Gasteiger partial charge in [-0.2, -0.15) is 0 Å². The monoisotopic (exact) mass is 569 g/mol. The van der Waals surface area contributed by atoms with Crippen LogP contribution in [0.3, 0.4) is 0 Å². The van der Waals surface area contributed by atoms with Crippen molar-refractivity contribution in [3.05, 3.63) is 108 Å². The summed E-state index contributed by atoms with van der Waals surface area (Å²) in [5, 5.41) is 8.77. The van der Waals surface area contributed by atoms with E-state index in [0.29, 0.717) is 25.0 Å². The zero-order chi connectivity index (χ0) is 30.1. The Labute approximate surface area is 247 Å². The summed E-state index contributed by atoms with van der Waals surface area (Å²) in [6, 6.07) is 25.2. The van der Waals surface area contributed by atoms with Gasteiger partial charge in [0.1, 0.15) is 11.6 Å². The number of carbonyl (C=O) groups is 4. The van der Waals surface area contributed by atoms with E-state index >= 15 is 0 Å². The maximum atomic E-state index is 13.6. The van der Waals surface area contributed by atoms with Crippen LogP contribution in [-0.2, 0) is 25.5 Å². The van der Waals surface area contributed by atoms with Crippen LogP contribution in [0.2, 0.25) is 0 Å². The first-order valence-corrected chi connectivity index (χ1v) is 14.4. The molecule has 0 aromatic heterocycles. The minimum Gasteiger partial charge on any atom is -0.361 e. The molecule has 3 aromatic carbocycles. The number of epoxide rings is 1. The van der Waals surface area contributed by atoms with Crippen LogP contribution in [0.4, 0.5) is 0 Å². The van der Waals surface area contributed by atoms with E-state index < -0.39 is 23.7 Å². The zero-order valence-corrected chi connectivity index (χ0v) is 24.3. The molecule has 1 fully saturated rings. The summed E-state index contributed by atoms with van der Waals surface area (Å²) in [6.45, 7) is 6.00. The number of nitrogens with one attached hydrogen (secondary N) is 3. The second-order valence-electron chi connectivity index (χ2n) is 11.4. The highest BCUT2D eigenvalue weighted by atomic mass is 16.6. The van der Waals surface area contributed by atoms with Crippen LogP contribution in [0, 0.1) is 5.92 Å². The fourth-order valence-corrected chi connectivity index (χ4v) is 4.86. The van der Waals surface area contributed by atoms with Crippen molar-refractivity contribution >= 4 is 23.5 Å². The van der Waals surface area contributed by atoms with Crippen LogP contribution in [0.15, 0.2) is 91.0 Å². The topological polar surface area (TPSA) is 117 Å². The predicted molar refractivity (Wildman–Crippen MR) is 161 cm³/mol. The second kappa shape index (κ2) is 14.0.